The van der Waals surface area contributed by atoms with Crippen molar-refractivity contribution in [3.63, 3.8) is 0 Å². The molecule has 17 heavy (non-hydrogen) atoms. The van der Waals surface area contributed by atoms with Gasteiger partial charge in [0.1, 0.15) is 6.26 Å². The highest BCUT2D eigenvalue weighted by Crippen LogP contribution is 2.21. The molecule has 0 aliphatic carbocycles. The summed E-state index contributed by atoms with van der Waals surface area (Å²) in [5.74, 6) is -1.47. The number of amides is 1. The molecule has 0 bridgehead atoms. The second-order valence-electron chi connectivity index (χ2n) is 4.07. The predicted molar refractivity (Wildman–Crippen MR) is 62.7 cm³/mol. The Hall–Kier alpha value is -1.30. The number of carbonyl (C=O) groups is 2. The monoisotopic (exact) mass is 301 g/mol. The lowest BCUT2D eigenvalue weighted by atomic mass is 9.98. The van der Waals surface area contributed by atoms with Gasteiger partial charge in [0.15, 0.2) is 4.67 Å². The van der Waals surface area contributed by atoms with Crippen LogP contribution in [0.25, 0.3) is 0 Å². The summed E-state index contributed by atoms with van der Waals surface area (Å²) in [6.07, 6.45) is 2.73. The minimum atomic E-state index is -0.837. The topological polar surface area (TPSA) is 70.8 Å². The van der Waals surface area contributed by atoms with Gasteiger partial charge in [0.2, 0.25) is 0 Å². The molecule has 92 valence electrons. The van der Waals surface area contributed by atoms with Crippen LogP contribution >= 0.6 is 15.9 Å². The first-order chi connectivity index (χ1) is 8.08. The molecule has 1 aromatic rings. The van der Waals surface area contributed by atoms with Crippen molar-refractivity contribution in [3.05, 3.63) is 22.6 Å². The molecular formula is C11H12BrNO4. The molecule has 1 aliphatic rings. The van der Waals surface area contributed by atoms with E-state index < -0.39 is 11.9 Å². The molecule has 1 aromatic heterocycles. The lowest BCUT2D eigenvalue weighted by Crippen LogP contribution is -2.42. The average molecular weight is 302 g/mol. The van der Waals surface area contributed by atoms with E-state index in [1.165, 1.54) is 6.26 Å². The Morgan fingerprint density at radius 3 is 2.88 bits per heavy atom. The molecule has 6 heteroatoms. The fraction of sp³-hybridized carbons (Fsp3) is 0.455. The third-order valence-electron chi connectivity index (χ3n) is 2.87. The van der Waals surface area contributed by atoms with Crippen molar-refractivity contribution in [1.29, 1.82) is 0 Å². The molecule has 1 fully saturated rings. The summed E-state index contributed by atoms with van der Waals surface area (Å²) in [6.45, 7) is 0.877. The molecule has 0 radical (unpaired) electrons. The van der Waals surface area contributed by atoms with Crippen LogP contribution in [0, 0.1) is 5.92 Å². The van der Waals surface area contributed by atoms with E-state index in [4.69, 9.17) is 9.52 Å². The number of carboxylic acid groups (broad SMARTS) is 1. The summed E-state index contributed by atoms with van der Waals surface area (Å²) in [5.41, 5.74) is 0.447. The molecular weight excluding hydrogens is 290 g/mol. The van der Waals surface area contributed by atoms with Gasteiger partial charge in [-0.3, -0.25) is 9.59 Å². The SMILES string of the molecule is O=C(O)C1CCCN(C(=O)c2coc(Br)c2)C1. The van der Waals surface area contributed by atoms with Crippen molar-refractivity contribution in [2.24, 2.45) is 5.92 Å². The quantitative estimate of drug-likeness (QED) is 0.907. The Morgan fingerprint density at radius 2 is 2.29 bits per heavy atom. The number of rotatable bonds is 2. The number of carboxylic acids is 1. The summed E-state index contributed by atoms with van der Waals surface area (Å²) in [6, 6.07) is 1.59. The molecule has 2 heterocycles. The zero-order valence-electron chi connectivity index (χ0n) is 9.06. The number of likely N-dealkylation sites (tertiary alicyclic amines) is 1. The van der Waals surface area contributed by atoms with Crippen molar-refractivity contribution in [2.45, 2.75) is 12.8 Å². The minimum absolute atomic E-state index is 0.176. The average Bonchev–Trinajstić information content (AvgIpc) is 2.75. The maximum Gasteiger partial charge on any atom is 0.308 e. The first-order valence-electron chi connectivity index (χ1n) is 5.34. The number of furan rings is 1. The van der Waals surface area contributed by atoms with Crippen molar-refractivity contribution < 1.29 is 19.1 Å². The van der Waals surface area contributed by atoms with Gasteiger partial charge in [0.05, 0.1) is 11.5 Å². The van der Waals surface area contributed by atoms with Crippen molar-refractivity contribution in [2.75, 3.05) is 13.1 Å². The van der Waals surface area contributed by atoms with Crippen LogP contribution in [0.3, 0.4) is 0 Å². The fourth-order valence-electron chi connectivity index (χ4n) is 1.97. The highest BCUT2D eigenvalue weighted by molar-refractivity contribution is 9.10. The van der Waals surface area contributed by atoms with Gasteiger partial charge in [0, 0.05) is 19.2 Å². The van der Waals surface area contributed by atoms with Gasteiger partial charge in [-0.15, -0.1) is 0 Å². The van der Waals surface area contributed by atoms with E-state index >= 15 is 0 Å². The number of halogens is 1. The number of aliphatic carboxylic acids is 1. The number of hydrogen-bond donors (Lipinski definition) is 1. The van der Waals surface area contributed by atoms with E-state index in [0.717, 1.165) is 6.42 Å². The maximum absolute atomic E-state index is 12.0. The maximum atomic E-state index is 12.0. The normalized spacial score (nSPS) is 20.3. The Morgan fingerprint density at radius 1 is 1.53 bits per heavy atom. The highest BCUT2D eigenvalue weighted by Gasteiger charge is 2.29. The predicted octanol–water partition coefficient (Wildman–Crippen LogP) is 1.98. The van der Waals surface area contributed by atoms with Crippen molar-refractivity contribution >= 4 is 27.8 Å². The largest absolute Gasteiger partial charge is 0.481 e. The molecule has 1 amide bonds. The van der Waals surface area contributed by atoms with E-state index in [9.17, 15) is 9.59 Å². The standard InChI is InChI=1S/C11H12BrNO4/c12-9-4-8(6-17-9)10(14)13-3-1-2-7(5-13)11(15)16/h4,6-7H,1-3,5H2,(H,15,16). The second kappa shape index (κ2) is 4.91. The third-order valence-corrected chi connectivity index (χ3v) is 3.29. The molecule has 5 nitrogen and oxygen atoms in total. The first-order valence-corrected chi connectivity index (χ1v) is 6.13. The van der Waals surface area contributed by atoms with Crippen LogP contribution in [0.2, 0.25) is 0 Å². The van der Waals surface area contributed by atoms with Crippen LogP contribution < -0.4 is 0 Å². The molecule has 1 unspecified atom stereocenters. The number of hydrogen-bond acceptors (Lipinski definition) is 3. The zero-order valence-corrected chi connectivity index (χ0v) is 10.6. The van der Waals surface area contributed by atoms with Crippen LogP contribution in [0.15, 0.2) is 21.4 Å². The van der Waals surface area contributed by atoms with Gasteiger partial charge >= 0.3 is 5.97 Å². The Labute approximate surface area is 107 Å². The van der Waals surface area contributed by atoms with Crippen LogP contribution in [-0.2, 0) is 4.79 Å². The van der Waals surface area contributed by atoms with E-state index in [2.05, 4.69) is 15.9 Å². The summed E-state index contributed by atoms with van der Waals surface area (Å²) in [5, 5.41) is 8.95. The molecule has 2 rings (SSSR count). The summed E-state index contributed by atoms with van der Waals surface area (Å²) in [7, 11) is 0. The van der Waals surface area contributed by atoms with E-state index in [1.54, 1.807) is 11.0 Å². The van der Waals surface area contributed by atoms with Crippen LogP contribution in [0.1, 0.15) is 23.2 Å². The lowest BCUT2D eigenvalue weighted by molar-refractivity contribution is -0.143. The van der Waals surface area contributed by atoms with E-state index in [0.29, 0.717) is 23.2 Å². The van der Waals surface area contributed by atoms with Crippen LogP contribution in [0.4, 0.5) is 0 Å². The lowest BCUT2D eigenvalue weighted by Gasteiger charge is -2.30. The van der Waals surface area contributed by atoms with Crippen molar-refractivity contribution in [3.8, 4) is 0 Å². The van der Waals surface area contributed by atoms with E-state index in [-0.39, 0.29) is 12.5 Å². The molecule has 1 atom stereocenters. The molecule has 0 spiro atoms. The van der Waals surface area contributed by atoms with E-state index in [1.807, 2.05) is 0 Å². The van der Waals surface area contributed by atoms with Gasteiger partial charge in [-0.05, 0) is 28.8 Å². The second-order valence-corrected chi connectivity index (χ2v) is 4.85. The first kappa shape index (κ1) is 12.2. The number of nitrogens with zero attached hydrogens (tertiary/aromatic N) is 1. The molecule has 1 saturated heterocycles. The molecule has 1 N–H and O–H groups in total. The Kier molecular flexibility index (Phi) is 3.51. The summed E-state index contributed by atoms with van der Waals surface area (Å²) in [4.78, 5) is 24.5. The van der Waals surface area contributed by atoms with Gasteiger partial charge < -0.3 is 14.4 Å². The molecule has 0 aromatic carbocycles. The smallest absolute Gasteiger partial charge is 0.308 e. The van der Waals surface area contributed by atoms with Gasteiger partial charge in [0.25, 0.3) is 5.91 Å². The number of carbonyl (C=O) groups excluding carboxylic acids is 1. The Bertz CT molecular complexity index is 442. The summed E-state index contributed by atoms with van der Waals surface area (Å²) >= 11 is 3.13. The van der Waals surface area contributed by atoms with Crippen LogP contribution in [0.5, 0.6) is 0 Å². The van der Waals surface area contributed by atoms with Gasteiger partial charge in [-0.2, -0.15) is 0 Å². The minimum Gasteiger partial charge on any atom is -0.481 e. The van der Waals surface area contributed by atoms with Crippen molar-refractivity contribution in [1.82, 2.24) is 4.90 Å². The Balaban J connectivity index is 2.07. The summed E-state index contributed by atoms with van der Waals surface area (Å²) < 4.78 is 5.50. The van der Waals surface area contributed by atoms with Crippen LogP contribution in [-0.4, -0.2) is 35.0 Å². The number of piperidine rings is 1. The third kappa shape index (κ3) is 2.69. The highest BCUT2D eigenvalue weighted by atomic mass is 79.9. The van der Waals surface area contributed by atoms with Gasteiger partial charge in [-0.1, -0.05) is 0 Å². The molecule has 0 saturated carbocycles. The molecule has 1 aliphatic heterocycles. The zero-order chi connectivity index (χ0) is 12.4. The fourth-order valence-corrected chi connectivity index (χ4v) is 2.31. The van der Waals surface area contributed by atoms with Gasteiger partial charge in [-0.25, -0.2) is 0 Å².